The maximum Gasteiger partial charge on any atom is 0.145 e. The van der Waals surface area contributed by atoms with Crippen LogP contribution in [0.4, 0.5) is 0 Å². The summed E-state index contributed by atoms with van der Waals surface area (Å²) in [6.07, 6.45) is 9.26. The summed E-state index contributed by atoms with van der Waals surface area (Å²) in [5, 5.41) is 0. The van der Waals surface area contributed by atoms with Gasteiger partial charge in [-0.2, -0.15) is 0 Å². The number of hydrogen-bond acceptors (Lipinski definition) is 1. The van der Waals surface area contributed by atoms with Gasteiger partial charge in [-0.1, -0.05) is 25.2 Å². The van der Waals surface area contributed by atoms with Gasteiger partial charge in [0.05, 0.1) is 0 Å². The van der Waals surface area contributed by atoms with E-state index in [1.165, 1.54) is 31.3 Å². The Kier molecular flexibility index (Phi) is 3.05. The van der Waals surface area contributed by atoms with Gasteiger partial charge in [0.15, 0.2) is 0 Å². The summed E-state index contributed by atoms with van der Waals surface area (Å²) in [4.78, 5) is 10.5. The van der Waals surface area contributed by atoms with Crippen molar-refractivity contribution in [2.24, 2.45) is 17.3 Å². The zero-order valence-corrected chi connectivity index (χ0v) is 10.5. The van der Waals surface area contributed by atoms with E-state index >= 15 is 0 Å². The van der Waals surface area contributed by atoms with Crippen molar-refractivity contribution in [2.75, 3.05) is 0 Å². The number of aldehydes is 1. The molecule has 0 aromatic heterocycles. The predicted molar refractivity (Wildman–Crippen MR) is 67.1 cm³/mol. The van der Waals surface area contributed by atoms with Crippen LogP contribution in [0.25, 0.3) is 0 Å². The number of rotatable bonds is 5. The molecule has 0 spiro atoms. The molecule has 2 rings (SSSR count). The summed E-state index contributed by atoms with van der Waals surface area (Å²) in [5.74, 6) is 1.62. The fraction of sp³-hybridized carbons (Fsp3) is 0.667. The van der Waals surface area contributed by atoms with E-state index in [2.05, 4.69) is 19.6 Å². The number of fused-ring (bicyclic) bond motifs is 1. The minimum atomic E-state index is 0.611. The average Bonchev–Trinajstić information content (AvgIpc) is 2.94. The van der Waals surface area contributed by atoms with E-state index in [0.717, 1.165) is 30.1 Å². The monoisotopic (exact) mass is 218 g/mol. The first-order valence-corrected chi connectivity index (χ1v) is 6.40. The molecule has 0 aromatic carbocycles. The largest absolute Gasteiger partial charge is 0.298 e. The van der Waals surface area contributed by atoms with E-state index in [1.807, 2.05) is 6.92 Å². The van der Waals surface area contributed by atoms with Crippen molar-refractivity contribution >= 4 is 6.29 Å². The first kappa shape index (κ1) is 11.6. The molecular weight excluding hydrogens is 196 g/mol. The Morgan fingerprint density at radius 1 is 1.69 bits per heavy atom. The molecule has 0 saturated heterocycles. The third-order valence-electron chi connectivity index (χ3n) is 4.76. The average molecular weight is 218 g/mol. The molecule has 2 aliphatic rings. The van der Waals surface area contributed by atoms with Gasteiger partial charge >= 0.3 is 0 Å². The molecular formula is C15H22O. The van der Waals surface area contributed by atoms with E-state index in [-0.39, 0.29) is 0 Å². The third kappa shape index (κ3) is 1.88. The zero-order chi connectivity index (χ0) is 11.8. The fourth-order valence-electron chi connectivity index (χ4n) is 3.40. The maximum atomic E-state index is 10.5. The Morgan fingerprint density at radius 2 is 2.44 bits per heavy atom. The highest BCUT2D eigenvalue weighted by Crippen LogP contribution is 2.69. The van der Waals surface area contributed by atoms with Crippen LogP contribution in [0.15, 0.2) is 23.8 Å². The molecule has 0 amide bonds. The highest BCUT2D eigenvalue weighted by molar-refractivity contribution is 5.71. The molecule has 1 nitrogen and oxygen atoms in total. The van der Waals surface area contributed by atoms with Crippen LogP contribution in [0.2, 0.25) is 0 Å². The van der Waals surface area contributed by atoms with Crippen molar-refractivity contribution < 1.29 is 4.79 Å². The summed E-state index contributed by atoms with van der Waals surface area (Å²) in [5.41, 5.74) is 2.97. The van der Waals surface area contributed by atoms with Crippen LogP contribution in [0.3, 0.4) is 0 Å². The van der Waals surface area contributed by atoms with Gasteiger partial charge in [0.1, 0.15) is 6.29 Å². The van der Waals surface area contributed by atoms with Crippen molar-refractivity contribution in [1.82, 2.24) is 0 Å². The number of allylic oxidation sites excluding steroid dienone is 3. The quantitative estimate of drug-likeness (QED) is 0.388. The van der Waals surface area contributed by atoms with Crippen molar-refractivity contribution in [3.8, 4) is 0 Å². The summed E-state index contributed by atoms with van der Waals surface area (Å²) in [7, 11) is 0. The number of hydrogen-bond donors (Lipinski definition) is 0. The molecule has 2 saturated carbocycles. The van der Waals surface area contributed by atoms with Gasteiger partial charge in [0.25, 0.3) is 0 Å². The van der Waals surface area contributed by atoms with Crippen molar-refractivity contribution in [3.05, 3.63) is 23.8 Å². The highest BCUT2D eigenvalue weighted by atomic mass is 16.1. The summed E-state index contributed by atoms with van der Waals surface area (Å²) in [6, 6.07) is 0. The van der Waals surface area contributed by atoms with E-state index in [1.54, 1.807) is 0 Å². The second kappa shape index (κ2) is 4.20. The summed E-state index contributed by atoms with van der Waals surface area (Å²) < 4.78 is 0. The Labute approximate surface area is 98.6 Å². The van der Waals surface area contributed by atoms with Gasteiger partial charge in [-0.25, -0.2) is 0 Å². The van der Waals surface area contributed by atoms with Gasteiger partial charge < -0.3 is 0 Å². The standard InChI is InChI=1S/C15H22O/c1-11(10-16)5-4-6-13(3)15-8-7-12(2)14(15)9-15/h5,10,13-14H,2,4,6-9H2,1,3H3. The molecule has 0 aliphatic heterocycles. The third-order valence-corrected chi connectivity index (χ3v) is 4.76. The minimum absolute atomic E-state index is 0.611. The molecule has 0 aromatic rings. The molecule has 16 heavy (non-hydrogen) atoms. The number of carbonyl (C=O) groups is 1. The predicted octanol–water partition coefficient (Wildman–Crippen LogP) is 3.90. The summed E-state index contributed by atoms with van der Waals surface area (Å²) >= 11 is 0. The molecule has 0 N–H and O–H groups in total. The van der Waals surface area contributed by atoms with Crippen LogP contribution in [0.1, 0.15) is 46.0 Å². The normalized spacial score (nSPS) is 34.8. The Hall–Kier alpha value is -0.850. The van der Waals surface area contributed by atoms with Crippen molar-refractivity contribution in [2.45, 2.75) is 46.0 Å². The van der Waals surface area contributed by atoms with Crippen LogP contribution in [0, 0.1) is 17.3 Å². The maximum absolute atomic E-state index is 10.5. The van der Waals surface area contributed by atoms with Gasteiger partial charge in [0.2, 0.25) is 0 Å². The van der Waals surface area contributed by atoms with Crippen LogP contribution in [-0.2, 0) is 4.79 Å². The lowest BCUT2D eigenvalue weighted by molar-refractivity contribution is -0.104. The lowest BCUT2D eigenvalue weighted by atomic mass is 9.85. The molecule has 3 atom stereocenters. The second-order valence-electron chi connectivity index (χ2n) is 5.69. The molecule has 2 fully saturated rings. The zero-order valence-electron chi connectivity index (χ0n) is 10.5. The Balaban J connectivity index is 1.84. The van der Waals surface area contributed by atoms with E-state index in [9.17, 15) is 4.79 Å². The van der Waals surface area contributed by atoms with Gasteiger partial charge in [-0.05, 0) is 61.9 Å². The summed E-state index contributed by atoms with van der Waals surface area (Å²) in [6.45, 7) is 8.43. The first-order valence-electron chi connectivity index (χ1n) is 6.40. The topological polar surface area (TPSA) is 17.1 Å². The Bertz CT molecular complexity index is 339. The second-order valence-corrected chi connectivity index (χ2v) is 5.69. The van der Waals surface area contributed by atoms with Gasteiger partial charge in [-0.3, -0.25) is 4.79 Å². The fourth-order valence-corrected chi connectivity index (χ4v) is 3.40. The molecule has 0 radical (unpaired) electrons. The molecule has 3 unspecified atom stereocenters. The van der Waals surface area contributed by atoms with E-state index in [0.29, 0.717) is 5.41 Å². The smallest absolute Gasteiger partial charge is 0.145 e. The first-order chi connectivity index (χ1) is 7.60. The van der Waals surface area contributed by atoms with E-state index < -0.39 is 0 Å². The van der Waals surface area contributed by atoms with Gasteiger partial charge in [-0.15, -0.1) is 0 Å². The van der Waals surface area contributed by atoms with Crippen LogP contribution in [-0.4, -0.2) is 6.29 Å². The lowest BCUT2D eigenvalue weighted by Gasteiger charge is -2.20. The van der Waals surface area contributed by atoms with Crippen molar-refractivity contribution in [3.63, 3.8) is 0 Å². The molecule has 0 heterocycles. The molecule has 0 bridgehead atoms. The lowest BCUT2D eigenvalue weighted by Crippen LogP contribution is -2.11. The minimum Gasteiger partial charge on any atom is -0.298 e. The van der Waals surface area contributed by atoms with Gasteiger partial charge in [0, 0.05) is 0 Å². The molecule has 1 heteroatoms. The highest BCUT2D eigenvalue weighted by Gasteiger charge is 2.60. The van der Waals surface area contributed by atoms with Crippen LogP contribution < -0.4 is 0 Å². The van der Waals surface area contributed by atoms with Crippen LogP contribution >= 0.6 is 0 Å². The molecule has 88 valence electrons. The Morgan fingerprint density at radius 3 is 2.94 bits per heavy atom. The number of carbonyl (C=O) groups excluding carboxylic acids is 1. The van der Waals surface area contributed by atoms with E-state index in [4.69, 9.17) is 0 Å². The molecule has 2 aliphatic carbocycles. The van der Waals surface area contributed by atoms with Crippen LogP contribution in [0.5, 0.6) is 0 Å². The SMILES string of the molecule is C=C1CCC2(C(C)CCC=C(C)C=O)CC12. The van der Waals surface area contributed by atoms with Crippen molar-refractivity contribution in [1.29, 1.82) is 0 Å².